The van der Waals surface area contributed by atoms with Gasteiger partial charge in [-0.05, 0) is 31.0 Å². The van der Waals surface area contributed by atoms with Crippen LogP contribution in [0.1, 0.15) is 36.0 Å². The van der Waals surface area contributed by atoms with Gasteiger partial charge in [-0.2, -0.15) is 0 Å². The molecule has 2 unspecified atom stereocenters. The SMILES string of the molecule is CN(C(=O)c1cc(Cl)ccc1NN)C1CCCCC1O. The lowest BCUT2D eigenvalue weighted by Gasteiger charge is -2.35. The molecule has 0 bridgehead atoms. The zero-order chi connectivity index (χ0) is 14.7. The third-order valence-corrected chi connectivity index (χ3v) is 4.11. The van der Waals surface area contributed by atoms with Crippen molar-refractivity contribution in [3.8, 4) is 0 Å². The number of aliphatic hydroxyl groups excluding tert-OH is 1. The number of hydrogen-bond acceptors (Lipinski definition) is 4. The predicted molar refractivity (Wildman–Crippen MR) is 79.6 cm³/mol. The number of hydrogen-bond donors (Lipinski definition) is 3. The van der Waals surface area contributed by atoms with Crippen LogP contribution in [0.4, 0.5) is 5.69 Å². The minimum absolute atomic E-state index is 0.152. The minimum atomic E-state index is -0.467. The lowest BCUT2D eigenvalue weighted by atomic mass is 9.91. The molecule has 110 valence electrons. The second-order valence-corrected chi connectivity index (χ2v) is 5.61. The van der Waals surface area contributed by atoms with Gasteiger partial charge in [0.05, 0.1) is 23.4 Å². The van der Waals surface area contributed by atoms with Gasteiger partial charge in [0.1, 0.15) is 0 Å². The van der Waals surface area contributed by atoms with Crippen LogP contribution in [-0.2, 0) is 0 Å². The lowest BCUT2D eigenvalue weighted by Crippen LogP contribution is -2.46. The van der Waals surface area contributed by atoms with Crippen molar-refractivity contribution in [3.63, 3.8) is 0 Å². The second kappa shape index (κ2) is 6.43. The molecule has 0 spiro atoms. The van der Waals surface area contributed by atoms with E-state index in [4.69, 9.17) is 17.4 Å². The van der Waals surface area contributed by atoms with E-state index in [9.17, 15) is 9.90 Å². The highest BCUT2D eigenvalue weighted by atomic mass is 35.5. The zero-order valence-electron chi connectivity index (χ0n) is 11.5. The fourth-order valence-corrected chi connectivity index (χ4v) is 2.88. The third-order valence-electron chi connectivity index (χ3n) is 3.88. The molecule has 0 aromatic heterocycles. The Morgan fingerprint density at radius 1 is 1.45 bits per heavy atom. The standard InChI is InChI=1S/C14H20ClN3O2/c1-18(12-4-2-3-5-13(12)19)14(20)10-8-9(15)6-7-11(10)17-16/h6-8,12-13,17,19H,2-5,16H2,1H3. The molecule has 2 atom stereocenters. The van der Waals surface area contributed by atoms with Crippen LogP contribution in [0, 0.1) is 0 Å². The van der Waals surface area contributed by atoms with Crippen molar-refractivity contribution in [3.05, 3.63) is 28.8 Å². The third kappa shape index (κ3) is 3.06. The Morgan fingerprint density at radius 2 is 2.15 bits per heavy atom. The molecule has 2 rings (SSSR count). The van der Waals surface area contributed by atoms with Crippen LogP contribution in [0.2, 0.25) is 5.02 Å². The van der Waals surface area contributed by atoms with Crippen molar-refractivity contribution in [1.82, 2.24) is 4.90 Å². The molecule has 5 nitrogen and oxygen atoms in total. The zero-order valence-corrected chi connectivity index (χ0v) is 12.2. The van der Waals surface area contributed by atoms with E-state index in [0.717, 1.165) is 25.7 Å². The van der Waals surface area contributed by atoms with Crippen LogP contribution in [-0.4, -0.2) is 35.1 Å². The smallest absolute Gasteiger partial charge is 0.256 e. The molecule has 1 aromatic carbocycles. The second-order valence-electron chi connectivity index (χ2n) is 5.17. The summed E-state index contributed by atoms with van der Waals surface area (Å²) in [6.45, 7) is 0. The van der Waals surface area contributed by atoms with Crippen molar-refractivity contribution in [2.24, 2.45) is 5.84 Å². The van der Waals surface area contributed by atoms with Crippen molar-refractivity contribution >= 4 is 23.2 Å². The summed E-state index contributed by atoms with van der Waals surface area (Å²) in [5, 5.41) is 10.5. The number of nitrogens with one attached hydrogen (secondary N) is 1. The van der Waals surface area contributed by atoms with Gasteiger partial charge in [-0.25, -0.2) is 0 Å². The minimum Gasteiger partial charge on any atom is -0.391 e. The summed E-state index contributed by atoms with van der Waals surface area (Å²) in [6, 6.07) is 4.77. The number of benzene rings is 1. The summed E-state index contributed by atoms with van der Waals surface area (Å²) < 4.78 is 0. The molecule has 1 aliphatic carbocycles. The van der Waals surface area contributed by atoms with E-state index >= 15 is 0 Å². The van der Waals surface area contributed by atoms with Gasteiger partial charge in [-0.1, -0.05) is 24.4 Å². The van der Waals surface area contributed by atoms with Crippen molar-refractivity contribution < 1.29 is 9.90 Å². The first-order valence-corrected chi connectivity index (χ1v) is 7.13. The fourth-order valence-electron chi connectivity index (χ4n) is 2.70. The monoisotopic (exact) mass is 297 g/mol. The maximum absolute atomic E-state index is 12.6. The van der Waals surface area contributed by atoms with Crippen LogP contribution in [0.15, 0.2) is 18.2 Å². The average Bonchev–Trinajstić information content (AvgIpc) is 2.46. The van der Waals surface area contributed by atoms with Gasteiger partial charge in [0.2, 0.25) is 0 Å². The number of likely N-dealkylation sites (N-methyl/N-ethyl adjacent to an activating group) is 1. The number of nitrogen functional groups attached to an aromatic ring is 1. The van der Waals surface area contributed by atoms with Gasteiger partial charge < -0.3 is 15.4 Å². The summed E-state index contributed by atoms with van der Waals surface area (Å²) in [5.41, 5.74) is 3.45. The molecule has 4 N–H and O–H groups in total. The number of carbonyl (C=O) groups excluding carboxylic acids is 1. The molecule has 0 saturated heterocycles. The van der Waals surface area contributed by atoms with E-state index in [1.165, 1.54) is 0 Å². The molecule has 1 amide bonds. The molecule has 1 aliphatic rings. The molecular formula is C14H20ClN3O2. The largest absolute Gasteiger partial charge is 0.391 e. The number of nitrogens with zero attached hydrogens (tertiary/aromatic N) is 1. The highest BCUT2D eigenvalue weighted by Crippen LogP contribution is 2.26. The molecule has 1 fully saturated rings. The number of rotatable bonds is 3. The van der Waals surface area contributed by atoms with E-state index in [0.29, 0.717) is 16.3 Å². The number of carbonyl (C=O) groups is 1. The maximum Gasteiger partial charge on any atom is 0.256 e. The first-order chi connectivity index (χ1) is 9.54. The summed E-state index contributed by atoms with van der Waals surface area (Å²) in [4.78, 5) is 14.2. The highest BCUT2D eigenvalue weighted by molar-refractivity contribution is 6.31. The van der Waals surface area contributed by atoms with E-state index in [1.807, 2.05) is 0 Å². The van der Waals surface area contributed by atoms with Gasteiger partial charge in [-0.3, -0.25) is 10.6 Å². The number of halogens is 1. The number of aliphatic hydroxyl groups is 1. The Morgan fingerprint density at radius 3 is 2.80 bits per heavy atom. The number of nitrogens with two attached hydrogens (primary N) is 1. The maximum atomic E-state index is 12.6. The average molecular weight is 298 g/mol. The molecule has 1 aromatic rings. The summed E-state index contributed by atoms with van der Waals surface area (Å²) in [6.07, 6.45) is 3.12. The van der Waals surface area contributed by atoms with E-state index in [-0.39, 0.29) is 11.9 Å². The Bertz CT molecular complexity index is 495. The Kier molecular flexibility index (Phi) is 4.86. The first-order valence-electron chi connectivity index (χ1n) is 6.76. The van der Waals surface area contributed by atoms with Gasteiger partial charge in [-0.15, -0.1) is 0 Å². The van der Waals surface area contributed by atoms with E-state index < -0.39 is 6.10 Å². The van der Waals surface area contributed by atoms with Crippen molar-refractivity contribution in [2.75, 3.05) is 12.5 Å². The fraction of sp³-hybridized carbons (Fsp3) is 0.500. The Hall–Kier alpha value is -1.30. The van der Waals surface area contributed by atoms with Gasteiger partial charge in [0.15, 0.2) is 0 Å². The molecule has 20 heavy (non-hydrogen) atoms. The molecular weight excluding hydrogens is 278 g/mol. The first kappa shape index (κ1) is 15.1. The van der Waals surface area contributed by atoms with Crippen LogP contribution < -0.4 is 11.3 Å². The predicted octanol–water partition coefficient (Wildman–Crippen LogP) is 2.00. The summed E-state index contributed by atoms with van der Waals surface area (Å²) in [5.74, 6) is 5.24. The van der Waals surface area contributed by atoms with E-state index in [2.05, 4.69) is 5.43 Å². The molecule has 6 heteroatoms. The Labute approximate surface area is 123 Å². The molecule has 0 radical (unpaired) electrons. The lowest BCUT2D eigenvalue weighted by molar-refractivity contribution is 0.0268. The topological polar surface area (TPSA) is 78.6 Å². The van der Waals surface area contributed by atoms with Gasteiger partial charge in [0, 0.05) is 12.1 Å². The molecule has 0 heterocycles. The highest BCUT2D eigenvalue weighted by Gasteiger charge is 2.30. The van der Waals surface area contributed by atoms with E-state index in [1.54, 1.807) is 30.1 Å². The van der Waals surface area contributed by atoms with Crippen LogP contribution in [0.5, 0.6) is 0 Å². The number of hydrazine groups is 1. The van der Waals surface area contributed by atoms with Crippen LogP contribution in [0.3, 0.4) is 0 Å². The quantitative estimate of drug-likeness (QED) is 0.589. The number of anilines is 1. The van der Waals surface area contributed by atoms with Crippen molar-refractivity contribution in [2.45, 2.75) is 37.8 Å². The van der Waals surface area contributed by atoms with Crippen LogP contribution in [0.25, 0.3) is 0 Å². The number of amides is 1. The Balaban J connectivity index is 2.23. The van der Waals surface area contributed by atoms with Crippen LogP contribution >= 0.6 is 11.6 Å². The van der Waals surface area contributed by atoms with Crippen molar-refractivity contribution in [1.29, 1.82) is 0 Å². The molecule has 0 aliphatic heterocycles. The summed E-state index contributed by atoms with van der Waals surface area (Å²) in [7, 11) is 1.71. The molecule has 1 saturated carbocycles. The summed E-state index contributed by atoms with van der Waals surface area (Å²) >= 11 is 5.95. The normalized spacial score (nSPS) is 22.4. The van der Waals surface area contributed by atoms with Gasteiger partial charge >= 0.3 is 0 Å². The van der Waals surface area contributed by atoms with Gasteiger partial charge in [0.25, 0.3) is 5.91 Å².